The number of aliphatic imine (C=N–C) groups is 1. The standard InChI is InChI=1S/C15H19N3O3S2/c1-3-13(16-4-2)22-12-5-6-17-15-14(12)21-9-11-10-23(19,20)8-7-18(11)15/h3-6,11H,7-10H2,1-2H3/b13-3+,16-4-. The molecular formula is C15H19N3O3S2. The lowest BCUT2D eigenvalue weighted by atomic mass is 10.2. The molecular weight excluding hydrogens is 334 g/mol. The molecule has 0 radical (unpaired) electrons. The Kier molecular flexibility index (Phi) is 4.63. The van der Waals surface area contributed by atoms with Gasteiger partial charge in [-0.25, -0.2) is 13.4 Å². The van der Waals surface area contributed by atoms with E-state index >= 15 is 0 Å². The van der Waals surface area contributed by atoms with Crippen LogP contribution in [0.4, 0.5) is 5.82 Å². The van der Waals surface area contributed by atoms with Gasteiger partial charge in [-0.3, -0.25) is 4.99 Å². The molecule has 1 saturated heterocycles. The number of sulfone groups is 1. The van der Waals surface area contributed by atoms with E-state index in [1.807, 2.05) is 26.0 Å². The van der Waals surface area contributed by atoms with Gasteiger partial charge in [0.1, 0.15) is 6.61 Å². The molecule has 1 fully saturated rings. The summed E-state index contributed by atoms with van der Waals surface area (Å²) in [6, 6.07) is 1.75. The number of ether oxygens (including phenoxy) is 1. The molecule has 2 aliphatic rings. The second-order valence-corrected chi connectivity index (χ2v) is 8.64. The van der Waals surface area contributed by atoms with Gasteiger partial charge in [-0.15, -0.1) is 0 Å². The summed E-state index contributed by atoms with van der Waals surface area (Å²) >= 11 is 1.52. The van der Waals surface area contributed by atoms with E-state index < -0.39 is 9.84 Å². The second-order valence-electron chi connectivity index (χ2n) is 5.35. The molecule has 0 bridgehead atoms. The summed E-state index contributed by atoms with van der Waals surface area (Å²) in [5.41, 5.74) is 0. The second kappa shape index (κ2) is 6.52. The number of rotatable bonds is 3. The average molecular weight is 353 g/mol. The predicted molar refractivity (Wildman–Crippen MR) is 93.3 cm³/mol. The van der Waals surface area contributed by atoms with Crippen LogP contribution in [0.1, 0.15) is 13.8 Å². The first-order chi connectivity index (χ1) is 11.0. The van der Waals surface area contributed by atoms with Crippen LogP contribution >= 0.6 is 11.8 Å². The van der Waals surface area contributed by atoms with E-state index in [0.717, 1.165) is 21.5 Å². The lowest BCUT2D eigenvalue weighted by Gasteiger charge is -2.40. The zero-order chi connectivity index (χ0) is 16.4. The van der Waals surface area contributed by atoms with Crippen LogP contribution in [-0.4, -0.2) is 50.3 Å². The van der Waals surface area contributed by atoms with Crippen LogP contribution in [-0.2, 0) is 9.84 Å². The number of aromatic nitrogens is 1. The maximum absolute atomic E-state index is 11.8. The van der Waals surface area contributed by atoms with Gasteiger partial charge in [0.15, 0.2) is 21.4 Å². The van der Waals surface area contributed by atoms with Gasteiger partial charge in [0, 0.05) is 19.0 Å². The van der Waals surface area contributed by atoms with Gasteiger partial charge < -0.3 is 9.64 Å². The lowest BCUT2D eigenvalue weighted by Crippen LogP contribution is -2.53. The molecule has 2 aliphatic heterocycles. The van der Waals surface area contributed by atoms with E-state index in [2.05, 4.69) is 14.9 Å². The van der Waals surface area contributed by atoms with Gasteiger partial charge in [-0.2, -0.15) is 0 Å². The summed E-state index contributed by atoms with van der Waals surface area (Å²) in [6.45, 7) is 4.65. The van der Waals surface area contributed by atoms with E-state index in [4.69, 9.17) is 4.74 Å². The molecule has 0 N–H and O–H groups in total. The minimum absolute atomic E-state index is 0.131. The van der Waals surface area contributed by atoms with E-state index in [1.54, 1.807) is 12.4 Å². The van der Waals surface area contributed by atoms with Crippen molar-refractivity contribution in [2.75, 3.05) is 29.6 Å². The van der Waals surface area contributed by atoms with Crippen LogP contribution in [0, 0.1) is 0 Å². The fraction of sp³-hybridized carbons (Fsp3) is 0.467. The number of hydrogen-bond donors (Lipinski definition) is 0. The monoisotopic (exact) mass is 353 g/mol. The first-order valence-corrected chi connectivity index (χ1v) is 10.1. The van der Waals surface area contributed by atoms with E-state index in [9.17, 15) is 8.42 Å². The Labute approximate surface area is 140 Å². The number of pyridine rings is 1. The fourth-order valence-electron chi connectivity index (χ4n) is 2.72. The average Bonchev–Trinajstić information content (AvgIpc) is 2.53. The topological polar surface area (TPSA) is 71.9 Å². The van der Waals surface area contributed by atoms with Gasteiger partial charge in [-0.1, -0.05) is 17.8 Å². The third kappa shape index (κ3) is 3.37. The Morgan fingerprint density at radius 2 is 2.35 bits per heavy atom. The largest absolute Gasteiger partial charge is 0.486 e. The van der Waals surface area contributed by atoms with Gasteiger partial charge in [-0.05, 0) is 19.9 Å². The summed E-state index contributed by atoms with van der Waals surface area (Å²) in [6.07, 6.45) is 5.43. The van der Waals surface area contributed by atoms with Crippen LogP contribution in [0.25, 0.3) is 0 Å². The van der Waals surface area contributed by atoms with Crippen molar-refractivity contribution >= 4 is 33.6 Å². The summed E-state index contributed by atoms with van der Waals surface area (Å²) in [5.74, 6) is 1.75. The molecule has 0 aliphatic carbocycles. The van der Waals surface area contributed by atoms with Crippen molar-refractivity contribution in [3.8, 4) is 5.75 Å². The van der Waals surface area contributed by atoms with Crippen molar-refractivity contribution in [1.82, 2.24) is 4.98 Å². The quantitative estimate of drug-likeness (QED) is 0.612. The summed E-state index contributed by atoms with van der Waals surface area (Å²) < 4.78 is 29.5. The highest BCUT2D eigenvalue weighted by molar-refractivity contribution is 8.03. The molecule has 23 heavy (non-hydrogen) atoms. The smallest absolute Gasteiger partial charge is 0.175 e. The molecule has 3 heterocycles. The molecule has 6 nitrogen and oxygen atoms in total. The van der Waals surface area contributed by atoms with Crippen molar-refractivity contribution in [2.24, 2.45) is 4.99 Å². The van der Waals surface area contributed by atoms with Crippen molar-refractivity contribution < 1.29 is 13.2 Å². The molecule has 3 rings (SSSR count). The van der Waals surface area contributed by atoms with Crippen LogP contribution in [0.2, 0.25) is 0 Å². The number of anilines is 1. The van der Waals surface area contributed by atoms with Crippen molar-refractivity contribution in [2.45, 2.75) is 24.8 Å². The normalized spacial score (nSPS) is 23.3. The molecule has 124 valence electrons. The minimum atomic E-state index is -2.98. The highest BCUT2D eigenvalue weighted by Gasteiger charge is 2.37. The first kappa shape index (κ1) is 16.3. The summed E-state index contributed by atoms with van der Waals surface area (Å²) in [4.78, 5) is 11.7. The number of nitrogens with zero attached hydrogens (tertiary/aromatic N) is 3. The van der Waals surface area contributed by atoms with Crippen LogP contribution in [0.15, 0.2) is 33.3 Å². The van der Waals surface area contributed by atoms with Crippen molar-refractivity contribution in [3.63, 3.8) is 0 Å². The maximum Gasteiger partial charge on any atom is 0.175 e. The Balaban J connectivity index is 1.92. The zero-order valence-corrected chi connectivity index (χ0v) is 14.7. The van der Waals surface area contributed by atoms with Gasteiger partial charge in [0.05, 0.1) is 27.5 Å². The van der Waals surface area contributed by atoms with Crippen molar-refractivity contribution in [3.05, 3.63) is 23.4 Å². The number of thioether (sulfide) groups is 1. The molecule has 8 heteroatoms. The minimum Gasteiger partial charge on any atom is -0.486 e. The molecule has 1 aromatic heterocycles. The Hall–Kier alpha value is -1.54. The lowest BCUT2D eigenvalue weighted by molar-refractivity contribution is 0.261. The maximum atomic E-state index is 11.8. The predicted octanol–water partition coefficient (Wildman–Crippen LogP) is 2.12. The van der Waals surface area contributed by atoms with E-state index in [0.29, 0.717) is 13.2 Å². The Bertz CT molecular complexity index is 759. The fourth-order valence-corrected chi connectivity index (χ4v) is 5.10. The molecule has 0 amide bonds. The number of hydrogen-bond acceptors (Lipinski definition) is 7. The molecule has 1 aromatic rings. The van der Waals surface area contributed by atoms with Crippen LogP contribution < -0.4 is 9.64 Å². The molecule has 0 aromatic carbocycles. The van der Waals surface area contributed by atoms with Gasteiger partial charge in [0.2, 0.25) is 0 Å². The third-order valence-corrected chi connectivity index (χ3v) is 6.58. The first-order valence-electron chi connectivity index (χ1n) is 7.46. The van der Waals surface area contributed by atoms with Crippen LogP contribution in [0.3, 0.4) is 0 Å². The molecule has 0 spiro atoms. The van der Waals surface area contributed by atoms with E-state index in [-0.39, 0.29) is 17.5 Å². The molecule has 1 unspecified atom stereocenters. The SMILES string of the molecule is C/C=N\C(=C/C)Sc1ccnc2c1OCC1CS(=O)(=O)CCN21. The molecule has 0 saturated carbocycles. The van der Waals surface area contributed by atoms with Gasteiger partial charge in [0.25, 0.3) is 0 Å². The Morgan fingerprint density at radius 1 is 1.52 bits per heavy atom. The van der Waals surface area contributed by atoms with Crippen LogP contribution in [0.5, 0.6) is 5.75 Å². The highest BCUT2D eigenvalue weighted by atomic mass is 32.2. The highest BCUT2D eigenvalue weighted by Crippen LogP contribution is 2.43. The molecule has 1 atom stereocenters. The van der Waals surface area contributed by atoms with E-state index in [1.165, 1.54) is 11.8 Å². The van der Waals surface area contributed by atoms with Crippen molar-refractivity contribution in [1.29, 1.82) is 0 Å². The summed E-state index contributed by atoms with van der Waals surface area (Å²) in [5, 5.41) is 0.882. The Morgan fingerprint density at radius 3 is 3.09 bits per heavy atom. The zero-order valence-electron chi connectivity index (χ0n) is 13.1. The third-order valence-electron chi connectivity index (χ3n) is 3.79. The van der Waals surface area contributed by atoms with Gasteiger partial charge >= 0.3 is 0 Å². The number of allylic oxidation sites excluding steroid dienone is 1. The number of fused-ring (bicyclic) bond motifs is 3. The summed E-state index contributed by atoms with van der Waals surface area (Å²) in [7, 11) is -2.98.